The Hall–Kier alpha value is -1.08. The Morgan fingerprint density at radius 2 is 2.40 bits per heavy atom. The smallest absolute Gasteiger partial charge is 0.313 e. The fourth-order valence-corrected chi connectivity index (χ4v) is 3.05. The minimum Gasteiger partial charge on any atom is -0.481 e. The first-order valence-electron chi connectivity index (χ1n) is 7.09. The summed E-state index contributed by atoms with van der Waals surface area (Å²) in [6, 6.07) is 0. The maximum atomic E-state index is 10.7. The zero-order chi connectivity index (χ0) is 14.4. The molecule has 0 radical (unpaired) electrons. The number of hydrogen-bond acceptors (Lipinski definition) is 5. The molecule has 0 bridgehead atoms. The Morgan fingerprint density at radius 3 is 3.05 bits per heavy atom. The summed E-state index contributed by atoms with van der Waals surface area (Å²) in [5, 5.41) is 17.8. The van der Waals surface area contributed by atoms with Gasteiger partial charge in [0, 0.05) is 19.6 Å². The molecular weight excluding hydrogens is 278 g/mol. The van der Waals surface area contributed by atoms with Crippen LogP contribution in [0.5, 0.6) is 0 Å². The van der Waals surface area contributed by atoms with Gasteiger partial charge in [0.15, 0.2) is 5.16 Å². The van der Waals surface area contributed by atoms with Crippen LogP contribution in [0.15, 0.2) is 5.16 Å². The molecule has 0 spiro atoms. The summed E-state index contributed by atoms with van der Waals surface area (Å²) < 4.78 is 7.66. The number of rotatable bonds is 8. The fourth-order valence-electron chi connectivity index (χ4n) is 2.35. The van der Waals surface area contributed by atoms with Gasteiger partial charge in [-0.2, -0.15) is 0 Å². The predicted molar refractivity (Wildman–Crippen MR) is 76.0 cm³/mol. The normalized spacial score (nSPS) is 18.6. The minimum absolute atomic E-state index is 0.0214. The summed E-state index contributed by atoms with van der Waals surface area (Å²) in [7, 11) is 0. The summed E-state index contributed by atoms with van der Waals surface area (Å²) in [6.07, 6.45) is 5.40. The zero-order valence-electron chi connectivity index (χ0n) is 11.7. The molecule has 1 fully saturated rings. The SMILES string of the molecule is CCCn1c(CCC2CCCO2)nnc1SCC(=O)O. The van der Waals surface area contributed by atoms with E-state index in [9.17, 15) is 4.79 Å². The number of hydrogen-bond donors (Lipinski definition) is 1. The van der Waals surface area contributed by atoms with Crippen LogP contribution in [0, 0.1) is 0 Å². The molecule has 0 aliphatic carbocycles. The Balaban J connectivity index is 1.97. The number of carbonyl (C=O) groups is 1. The second-order valence-corrected chi connectivity index (χ2v) is 5.85. The van der Waals surface area contributed by atoms with Crippen molar-refractivity contribution in [2.75, 3.05) is 12.4 Å². The van der Waals surface area contributed by atoms with Crippen LogP contribution in [0.25, 0.3) is 0 Å². The van der Waals surface area contributed by atoms with Gasteiger partial charge in [-0.25, -0.2) is 0 Å². The van der Waals surface area contributed by atoms with E-state index in [1.165, 1.54) is 11.8 Å². The summed E-state index contributed by atoms with van der Waals surface area (Å²) in [5.74, 6) is 0.130. The minimum atomic E-state index is -0.832. The van der Waals surface area contributed by atoms with Crippen LogP contribution in [0.3, 0.4) is 0 Å². The van der Waals surface area contributed by atoms with E-state index in [1.807, 2.05) is 4.57 Å². The van der Waals surface area contributed by atoms with Gasteiger partial charge in [0.05, 0.1) is 11.9 Å². The summed E-state index contributed by atoms with van der Waals surface area (Å²) >= 11 is 1.23. The van der Waals surface area contributed by atoms with Crippen LogP contribution >= 0.6 is 11.8 Å². The summed E-state index contributed by atoms with van der Waals surface area (Å²) in [4.78, 5) is 10.7. The van der Waals surface area contributed by atoms with Crippen molar-refractivity contribution in [1.82, 2.24) is 14.8 Å². The van der Waals surface area contributed by atoms with E-state index in [1.54, 1.807) is 0 Å². The van der Waals surface area contributed by atoms with E-state index in [2.05, 4.69) is 17.1 Å². The molecule has 1 aromatic heterocycles. The highest BCUT2D eigenvalue weighted by atomic mass is 32.2. The van der Waals surface area contributed by atoms with Crippen LogP contribution in [0.1, 0.15) is 38.4 Å². The molecule has 6 nitrogen and oxygen atoms in total. The van der Waals surface area contributed by atoms with Crippen molar-refractivity contribution in [2.45, 2.75) is 56.8 Å². The first-order chi connectivity index (χ1) is 9.70. The van der Waals surface area contributed by atoms with E-state index in [0.29, 0.717) is 11.3 Å². The van der Waals surface area contributed by atoms with Gasteiger partial charge in [0.2, 0.25) is 0 Å². The monoisotopic (exact) mass is 299 g/mol. The van der Waals surface area contributed by atoms with Crippen molar-refractivity contribution in [3.05, 3.63) is 5.82 Å². The molecule has 1 aromatic rings. The Labute approximate surface area is 122 Å². The van der Waals surface area contributed by atoms with Gasteiger partial charge in [-0.1, -0.05) is 18.7 Å². The van der Waals surface area contributed by atoms with Gasteiger partial charge < -0.3 is 14.4 Å². The van der Waals surface area contributed by atoms with Gasteiger partial charge in [0.1, 0.15) is 5.82 Å². The first-order valence-corrected chi connectivity index (χ1v) is 8.07. The van der Waals surface area contributed by atoms with E-state index in [0.717, 1.165) is 51.1 Å². The number of ether oxygens (including phenoxy) is 1. The van der Waals surface area contributed by atoms with E-state index < -0.39 is 5.97 Å². The molecule has 0 saturated carbocycles. The molecule has 1 N–H and O–H groups in total. The molecule has 1 saturated heterocycles. The quantitative estimate of drug-likeness (QED) is 0.740. The van der Waals surface area contributed by atoms with Gasteiger partial charge in [-0.05, 0) is 25.7 Å². The highest BCUT2D eigenvalue weighted by Crippen LogP contribution is 2.21. The van der Waals surface area contributed by atoms with Gasteiger partial charge in [-0.3, -0.25) is 4.79 Å². The topological polar surface area (TPSA) is 77.2 Å². The Morgan fingerprint density at radius 1 is 1.55 bits per heavy atom. The molecule has 0 amide bonds. The fraction of sp³-hybridized carbons (Fsp3) is 0.769. The number of carboxylic acids is 1. The standard InChI is InChI=1S/C13H21N3O3S/c1-2-7-16-11(6-5-10-4-3-8-19-10)14-15-13(16)20-9-12(17)18/h10H,2-9H2,1H3,(H,17,18). The van der Waals surface area contributed by atoms with Crippen LogP contribution in [0.4, 0.5) is 0 Å². The third kappa shape index (κ3) is 4.21. The molecule has 2 rings (SSSR count). The zero-order valence-corrected chi connectivity index (χ0v) is 12.6. The molecule has 1 unspecified atom stereocenters. The second kappa shape index (κ2) is 7.64. The van der Waals surface area contributed by atoms with Crippen molar-refractivity contribution < 1.29 is 14.6 Å². The van der Waals surface area contributed by atoms with Gasteiger partial charge in [-0.15, -0.1) is 10.2 Å². The average molecular weight is 299 g/mol. The predicted octanol–water partition coefficient (Wildman–Crippen LogP) is 1.98. The third-order valence-electron chi connectivity index (χ3n) is 3.28. The number of aryl methyl sites for hydroxylation is 1. The number of thioether (sulfide) groups is 1. The average Bonchev–Trinajstić information content (AvgIpc) is 3.04. The molecule has 0 aromatic carbocycles. The molecule has 7 heteroatoms. The van der Waals surface area contributed by atoms with E-state index in [4.69, 9.17) is 9.84 Å². The number of aromatic nitrogens is 3. The van der Waals surface area contributed by atoms with Crippen LogP contribution in [-0.2, 0) is 22.5 Å². The molecule has 112 valence electrons. The Kier molecular flexibility index (Phi) is 5.85. The number of nitrogens with zero attached hydrogens (tertiary/aromatic N) is 3. The summed E-state index contributed by atoms with van der Waals surface area (Å²) in [6.45, 7) is 3.79. The lowest BCUT2D eigenvalue weighted by atomic mass is 10.1. The maximum absolute atomic E-state index is 10.7. The highest BCUT2D eigenvalue weighted by molar-refractivity contribution is 7.99. The van der Waals surface area contributed by atoms with E-state index >= 15 is 0 Å². The molecule has 20 heavy (non-hydrogen) atoms. The van der Waals surface area contributed by atoms with Gasteiger partial charge in [0.25, 0.3) is 0 Å². The number of aliphatic carboxylic acids is 1. The Bertz CT molecular complexity index is 444. The highest BCUT2D eigenvalue weighted by Gasteiger charge is 2.18. The van der Waals surface area contributed by atoms with Crippen molar-refractivity contribution in [2.24, 2.45) is 0 Å². The third-order valence-corrected chi connectivity index (χ3v) is 4.23. The van der Waals surface area contributed by atoms with Crippen molar-refractivity contribution in [3.8, 4) is 0 Å². The number of carboxylic acid groups (broad SMARTS) is 1. The lowest BCUT2D eigenvalue weighted by molar-refractivity contribution is -0.133. The lowest BCUT2D eigenvalue weighted by Crippen LogP contribution is -2.11. The largest absolute Gasteiger partial charge is 0.481 e. The second-order valence-electron chi connectivity index (χ2n) is 4.91. The van der Waals surface area contributed by atoms with Crippen molar-refractivity contribution in [1.29, 1.82) is 0 Å². The van der Waals surface area contributed by atoms with E-state index in [-0.39, 0.29) is 5.75 Å². The van der Waals surface area contributed by atoms with Crippen LogP contribution < -0.4 is 0 Å². The first kappa shape index (κ1) is 15.3. The molecule has 1 aliphatic rings. The molecule has 1 aliphatic heterocycles. The maximum Gasteiger partial charge on any atom is 0.313 e. The lowest BCUT2D eigenvalue weighted by Gasteiger charge is -2.11. The summed E-state index contributed by atoms with van der Waals surface area (Å²) in [5.41, 5.74) is 0. The molecule has 1 atom stereocenters. The molecular formula is C13H21N3O3S. The van der Waals surface area contributed by atoms with Crippen molar-refractivity contribution in [3.63, 3.8) is 0 Å². The van der Waals surface area contributed by atoms with Crippen LogP contribution in [-0.4, -0.2) is 44.3 Å². The van der Waals surface area contributed by atoms with Gasteiger partial charge >= 0.3 is 5.97 Å². The molecule has 2 heterocycles. The van der Waals surface area contributed by atoms with Crippen molar-refractivity contribution >= 4 is 17.7 Å². The van der Waals surface area contributed by atoms with Crippen LogP contribution in [0.2, 0.25) is 0 Å².